The predicted octanol–water partition coefficient (Wildman–Crippen LogP) is 7.07. The van der Waals surface area contributed by atoms with Gasteiger partial charge in [-0.05, 0) is 29.3 Å². The molecule has 0 saturated heterocycles. The Morgan fingerprint density at radius 2 is 1.38 bits per heavy atom. The molecule has 0 aliphatic rings. The van der Waals surface area contributed by atoms with Crippen molar-refractivity contribution in [3.05, 3.63) is 90.5 Å². The Hall–Kier alpha value is -3.60. The van der Waals surface area contributed by atoms with Crippen LogP contribution in [0.5, 0.6) is 0 Å². The van der Waals surface area contributed by atoms with E-state index in [1.165, 1.54) is 6.07 Å². The molecular formula is C24H15F3N2. The zero-order valence-electron chi connectivity index (χ0n) is 15.2. The van der Waals surface area contributed by atoms with Gasteiger partial charge in [-0.1, -0.05) is 66.7 Å². The maximum absolute atomic E-state index is 13.2. The van der Waals surface area contributed by atoms with Crippen molar-refractivity contribution in [1.82, 2.24) is 9.97 Å². The van der Waals surface area contributed by atoms with Crippen LogP contribution in [-0.4, -0.2) is 9.97 Å². The molecular weight excluding hydrogens is 373 g/mol. The molecule has 0 amide bonds. The minimum Gasteiger partial charge on any atom is -0.339 e. The van der Waals surface area contributed by atoms with Crippen molar-refractivity contribution in [2.45, 2.75) is 6.18 Å². The van der Waals surface area contributed by atoms with Crippen molar-refractivity contribution in [3.63, 3.8) is 0 Å². The highest BCUT2D eigenvalue weighted by Gasteiger charge is 2.31. The number of pyridine rings is 1. The number of nitrogens with one attached hydrogen (secondary N) is 1. The van der Waals surface area contributed by atoms with Gasteiger partial charge in [-0.2, -0.15) is 13.2 Å². The largest absolute Gasteiger partial charge is 0.416 e. The molecule has 0 saturated carbocycles. The van der Waals surface area contributed by atoms with Gasteiger partial charge in [0.25, 0.3) is 0 Å². The monoisotopic (exact) mass is 388 g/mol. The van der Waals surface area contributed by atoms with Crippen molar-refractivity contribution < 1.29 is 13.2 Å². The number of hydrogen-bond acceptors (Lipinski definition) is 1. The molecule has 0 aliphatic carbocycles. The van der Waals surface area contributed by atoms with Gasteiger partial charge < -0.3 is 4.98 Å². The molecule has 0 aliphatic heterocycles. The van der Waals surface area contributed by atoms with E-state index in [1.54, 1.807) is 0 Å². The van der Waals surface area contributed by atoms with Gasteiger partial charge in [0, 0.05) is 21.9 Å². The lowest BCUT2D eigenvalue weighted by molar-refractivity contribution is -0.137. The first kappa shape index (κ1) is 17.5. The summed E-state index contributed by atoms with van der Waals surface area (Å²) in [6.45, 7) is 0. The molecule has 0 unspecified atom stereocenters. The quantitative estimate of drug-likeness (QED) is 0.344. The van der Waals surface area contributed by atoms with E-state index in [4.69, 9.17) is 4.98 Å². The molecule has 0 bridgehead atoms. The summed E-state index contributed by atoms with van der Waals surface area (Å²) in [6, 6.07) is 25.3. The third-order valence-corrected chi connectivity index (χ3v) is 5.04. The highest BCUT2D eigenvalue weighted by atomic mass is 19.4. The van der Waals surface area contributed by atoms with Gasteiger partial charge in [-0.3, -0.25) is 0 Å². The second-order valence-corrected chi connectivity index (χ2v) is 6.89. The average molecular weight is 388 g/mol. The first-order valence-corrected chi connectivity index (χ1v) is 9.15. The highest BCUT2D eigenvalue weighted by molar-refractivity contribution is 6.13. The minimum absolute atomic E-state index is 0.421. The van der Waals surface area contributed by atoms with Crippen molar-refractivity contribution in [3.8, 4) is 22.4 Å². The average Bonchev–Trinajstić information content (AvgIpc) is 3.11. The smallest absolute Gasteiger partial charge is 0.339 e. The van der Waals surface area contributed by atoms with Crippen molar-refractivity contribution >= 4 is 21.9 Å². The molecule has 5 heteroatoms. The summed E-state index contributed by atoms with van der Waals surface area (Å²) in [7, 11) is 0. The molecule has 2 heterocycles. The number of alkyl halides is 3. The first-order chi connectivity index (χ1) is 14.0. The Morgan fingerprint density at radius 1 is 0.724 bits per heavy atom. The molecule has 0 fully saturated rings. The van der Waals surface area contributed by atoms with Gasteiger partial charge in [0.1, 0.15) is 5.65 Å². The lowest BCUT2D eigenvalue weighted by Gasteiger charge is -2.09. The number of aromatic amines is 1. The number of benzene rings is 3. The van der Waals surface area contributed by atoms with Gasteiger partial charge in [-0.15, -0.1) is 0 Å². The molecule has 1 N–H and O–H groups in total. The summed E-state index contributed by atoms with van der Waals surface area (Å²) in [5, 5.41) is 1.54. The van der Waals surface area contributed by atoms with Crippen LogP contribution in [0.4, 0.5) is 13.2 Å². The number of halogens is 3. The molecule has 142 valence electrons. The van der Waals surface area contributed by atoms with E-state index >= 15 is 0 Å². The van der Waals surface area contributed by atoms with E-state index < -0.39 is 11.7 Å². The van der Waals surface area contributed by atoms with Gasteiger partial charge in [-0.25, -0.2) is 4.98 Å². The second-order valence-electron chi connectivity index (χ2n) is 6.89. The fraction of sp³-hybridized carbons (Fsp3) is 0.0417. The Balaban J connectivity index is 1.85. The number of H-pyrrole nitrogens is 1. The van der Waals surface area contributed by atoms with E-state index in [0.29, 0.717) is 11.2 Å². The number of aromatic nitrogens is 2. The van der Waals surface area contributed by atoms with E-state index in [1.807, 2.05) is 66.7 Å². The lowest BCUT2D eigenvalue weighted by Crippen LogP contribution is -2.03. The van der Waals surface area contributed by atoms with Crippen LogP contribution in [0, 0.1) is 0 Å². The third-order valence-electron chi connectivity index (χ3n) is 5.04. The molecule has 5 rings (SSSR count). The minimum atomic E-state index is -4.39. The normalized spacial score (nSPS) is 12.0. The van der Waals surface area contributed by atoms with Crippen molar-refractivity contribution in [1.29, 1.82) is 0 Å². The summed E-state index contributed by atoms with van der Waals surface area (Å²) >= 11 is 0. The summed E-state index contributed by atoms with van der Waals surface area (Å²) in [4.78, 5) is 7.82. The van der Waals surface area contributed by atoms with E-state index in [9.17, 15) is 13.2 Å². The number of hydrogen-bond donors (Lipinski definition) is 1. The van der Waals surface area contributed by atoms with Crippen LogP contribution >= 0.6 is 0 Å². The van der Waals surface area contributed by atoms with Crippen LogP contribution in [0.2, 0.25) is 0 Å². The number of fused-ring (bicyclic) bond motifs is 3. The Labute approximate surface area is 164 Å². The van der Waals surface area contributed by atoms with Crippen molar-refractivity contribution in [2.24, 2.45) is 0 Å². The Morgan fingerprint density at radius 3 is 2.03 bits per heavy atom. The maximum atomic E-state index is 13.2. The van der Waals surface area contributed by atoms with Crippen LogP contribution in [0.3, 0.4) is 0 Å². The van der Waals surface area contributed by atoms with E-state index in [0.717, 1.165) is 45.3 Å². The second kappa shape index (κ2) is 6.48. The predicted molar refractivity (Wildman–Crippen MR) is 109 cm³/mol. The molecule has 0 atom stereocenters. The SMILES string of the molecule is FC(F)(F)c1ccc2c(c1)[nH]c1nc(-c3ccccc3)cc(-c3ccccc3)c12. The lowest BCUT2D eigenvalue weighted by atomic mass is 9.98. The Bertz CT molecular complexity index is 1320. The molecule has 2 aromatic heterocycles. The van der Waals surface area contributed by atoms with E-state index in [-0.39, 0.29) is 0 Å². The van der Waals surface area contributed by atoms with Crippen LogP contribution < -0.4 is 0 Å². The summed E-state index contributed by atoms with van der Waals surface area (Å²) < 4.78 is 39.5. The highest BCUT2D eigenvalue weighted by Crippen LogP contribution is 2.38. The molecule has 5 aromatic rings. The van der Waals surface area contributed by atoms with Crippen LogP contribution in [0.25, 0.3) is 44.3 Å². The molecule has 29 heavy (non-hydrogen) atoms. The van der Waals surface area contributed by atoms with E-state index in [2.05, 4.69) is 4.98 Å². The zero-order valence-corrected chi connectivity index (χ0v) is 15.2. The summed E-state index contributed by atoms with van der Waals surface area (Å²) in [5.41, 5.74) is 3.93. The van der Waals surface area contributed by atoms with Crippen LogP contribution in [-0.2, 0) is 6.18 Å². The molecule has 3 aromatic carbocycles. The summed E-state index contributed by atoms with van der Waals surface area (Å²) in [5.74, 6) is 0. The molecule has 0 spiro atoms. The maximum Gasteiger partial charge on any atom is 0.416 e. The summed E-state index contributed by atoms with van der Waals surface area (Å²) in [6.07, 6.45) is -4.39. The van der Waals surface area contributed by atoms with Gasteiger partial charge in [0.15, 0.2) is 0 Å². The van der Waals surface area contributed by atoms with Gasteiger partial charge in [0.2, 0.25) is 0 Å². The van der Waals surface area contributed by atoms with Crippen molar-refractivity contribution in [2.75, 3.05) is 0 Å². The van der Waals surface area contributed by atoms with Crippen LogP contribution in [0.15, 0.2) is 84.9 Å². The number of rotatable bonds is 2. The number of nitrogens with zero attached hydrogens (tertiary/aromatic N) is 1. The molecule has 2 nitrogen and oxygen atoms in total. The topological polar surface area (TPSA) is 28.7 Å². The van der Waals surface area contributed by atoms with Crippen LogP contribution in [0.1, 0.15) is 5.56 Å². The van der Waals surface area contributed by atoms with Gasteiger partial charge in [0.05, 0.1) is 11.3 Å². The Kier molecular flexibility index (Phi) is 3.91. The molecule has 0 radical (unpaired) electrons. The first-order valence-electron chi connectivity index (χ1n) is 9.15. The zero-order chi connectivity index (χ0) is 20.0. The third kappa shape index (κ3) is 3.05. The van der Waals surface area contributed by atoms with Gasteiger partial charge >= 0.3 is 6.18 Å². The fourth-order valence-corrected chi connectivity index (χ4v) is 3.68. The fourth-order valence-electron chi connectivity index (χ4n) is 3.68. The standard InChI is InChI=1S/C24H15F3N2/c25-24(26,27)17-11-12-18-21(13-17)29-23-22(18)19(15-7-3-1-4-8-15)14-20(28-23)16-9-5-2-6-10-16/h1-14H,(H,28,29).